The Hall–Kier alpha value is -1.09. The van der Waals surface area contributed by atoms with Gasteiger partial charge in [-0.05, 0) is 43.7 Å². The molecule has 1 aliphatic carbocycles. The molecule has 1 fully saturated rings. The molecule has 0 radical (unpaired) electrons. The molecule has 1 aliphatic rings. The molecule has 0 amide bonds. The molecule has 17 heavy (non-hydrogen) atoms. The van der Waals surface area contributed by atoms with Crippen molar-refractivity contribution in [3.63, 3.8) is 0 Å². The van der Waals surface area contributed by atoms with Gasteiger partial charge in [-0.25, -0.2) is 4.98 Å². The summed E-state index contributed by atoms with van der Waals surface area (Å²) < 4.78 is 0. The lowest BCUT2D eigenvalue weighted by Gasteiger charge is -2.23. The predicted octanol–water partition coefficient (Wildman–Crippen LogP) is 2.73. The lowest BCUT2D eigenvalue weighted by Crippen LogP contribution is -2.27. The summed E-state index contributed by atoms with van der Waals surface area (Å²) in [7, 11) is 0. The summed E-state index contributed by atoms with van der Waals surface area (Å²) in [5, 5.41) is 0. The zero-order valence-electron chi connectivity index (χ0n) is 10.9. The van der Waals surface area contributed by atoms with Crippen molar-refractivity contribution in [1.82, 2.24) is 4.98 Å². The minimum Gasteiger partial charge on any atom is -0.356 e. The molecule has 94 valence electrons. The molecule has 2 N–H and O–H groups in total. The second-order valence-corrected chi connectivity index (χ2v) is 5.13. The average Bonchev–Trinajstić information content (AvgIpc) is 3.13. The number of hydrogen-bond donors (Lipinski definition) is 1. The lowest BCUT2D eigenvalue weighted by molar-refractivity contribution is 0.697. The number of anilines is 1. The molecule has 1 heterocycles. The fourth-order valence-corrected chi connectivity index (χ4v) is 2.04. The zero-order valence-corrected chi connectivity index (χ0v) is 10.9. The quantitative estimate of drug-likeness (QED) is 0.821. The number of nitrogens with zero attached hydrogens (tertiary/aromatic N) is 2. The first kappa shape index (κ1) is 12.4. The van der Waals surface area contributed by atoms with Gasteiger partial charge in [-0.15, -0.1) is 0 Å². The second kappa shape index (κ2) is 5.50. The number of hydrogen-bond acceptors (Lipinski definition) is 3. The van der Waals surface area contributed by atoms with Crippen LogP contribution in [0.2, 0.25) is 0 Å². The Balaban J connectivity index is 2.05. The highest BCUT2D eigenvalue weighted by Gasteiger charge is 2.24. The van der Waals surface area contributed by atoms with E-state index in [1.807, 2.05) is 13.1 Å². The maximum Gasteiger partial charge on any atom is 0.128 e. The SMILES string of the molecule is CCCN(CC1CC1)c1ccc(C(C)N)cn1. The molecule has 1 aromatic rings. The monoisotopic (exact) mass is 233 g/mol. The highest BCUT2D eigenvalue weighted by atomic mass is 15.2. The van der Waals surface area contributed by atoms with E-state index in [4.69, 9.17) is 5.73 Å². The van der Waals surface area contributed by atoms with Crippen LogP contribution in [0, 0.1) is 5.92 Å². The van der Waals surface area contributed by atoms with Crippen LogP contribution in [0.5, 0.6) is 0 Å². The number of pyridine rings is 1. The molecule has 0 bridgehead atoms. The fourth-order valence-electron chi connectivity index (χ4n) is 2.04. The average molecular weight is 233 g/mol. The number of rotatable bonds is 6. The number of aromatic nitrogens is 1. The predicted molar refractivity (Wildman–Crippen MR) is 72.1 cm³/mol. The molecule has 0 saturated heterocycles. The van der Waals surface area contributed by atoms with E-state index >= 15 is 0 Å². The molecule has 1 atom stereocenters. The van der Waals surface area contributed by atoms with Gasteiger partial charge in [0.1, 0.15) is 5.82 Å². The highest BCUT2D eigenvalue weighted by Crippen LogP contribution is 2.31. The lowest BCUT2D eigenvalue weighted by atomic mass is 10.1. The summed E-state index contributed by atoms with van der Waals surface area (Å²) in [6.45, 7) is 6.47. The first-order valence-electron chi connectivity index (χ1n) is 6.67. The van der Waals surface area contributed by atoms with Crippen molar-refractivity contribution in [2.75, 3.05) is 18.0 Å². The Morgan fingerprint density at radius 2 is 2.24 bits per heavy atom. The molecular formula is C14H23N3. The third kappa shape index (κ3) is 3.43. The number of nitrogens with two attached hydrogens (primary N) is 1. The summed E-state index contributed by atoms with van der Waals surface area (Å²) in [6, 6.07) is 4.28. The van der Waals surface area contributed by atoms with Gasteiger partial charge < -0.3 is 10.6 Å². The van der Waals surface area contributed by atoms with Crippen molar-refractivity contribution in [1.29, 1.82) is 0 Å². The maximum atomic E-state index is 5.84. The van der Waals surface area contributed by atoms with E-state index in [-0.39, 0.29) is 6.04 Å². The topological polar surface area (TPSA) is 42.1 Å². The Morgan fingerprint density at radius 1 is 1.47 bits per heavy atom. The summed E-state index contributed by atoms with van der Waals surface area (Å²) in [5.41, 5.74) is 6.94. The highest BCUT2D eigenvalue weighted by molar-refractivity contribution is 5.40. The summed E-state index contributed by atoms with van der Waals surface area (Å²) in [6.07, 6.45) is 5.86. The summed E-state index contributed by atoms with van der Waals surface area (Å²) >= 11 is 0. The van der Waals surface area contributed by atoms with Crippen LogP contribution in [-0.2, 0) is 0 Å². The van der Waals surface area contributed by atoms with E-state index in [2.05, 4.69) is 28.9 Å². The van der Waals surface area contributed by atoms with Crippen LogP contribution in [0.3, 0.4) is 0 Å². The molecule has 0 aliphatic heterocycles. The molecule has 3 heteroatoms. The van der Waals surface area contributed by atoms with Crippen molar-refractivity contribution in [3.8, 4) is 0 Å². The van der Waals surface area contributed by atoms with Gasteiger partial charge in [0, 0.05) is 25.3 Å². The smallest absolute Gasteiger partial charge is 0.128 e. The third-order valence-corrected chi connectivity index (χ3v) is 3.29. The summed E-state index contributed by atoms with van der Waals surface area (Å²) in [5.74, 6) is 2.00. The van der Waals surface area contributed by atoms with Gasteiger partial charge >= 0.3 is 0 Å². The van der Waals surface area contributed by atoms with Crippen LogP contribution < -0.4 is 10.6 Å². The Bertz CT molecular complexity index is 341. The third-order valence-electron chi connectivity index (χ3n) is 3.29. The van der Waals surface area contributed by atoms with Crippen LogP contribution in [0.4, 0.5) is 5.82 Å². The van der Waals surface area contributed by atoms with Crippen molar-refractivity contribution in [2.24, 2.45) is 11.7 Å². The standard InChI is InChI=1S/C14H23N3/c1-3-8-17(10-12-4-5-12)14-7-6-13(9-16-14)11(2)15/h6-7,9,11-12H,3-5,8,10,15H2,1-2H3. The maximum absolute atomic E-state index is 5.84. The molecule has 3 nitrogen and oxygen atoms in total. The first-order chi connectivity index (χ1) is 8.20. The van der Waals surface area contributed by atoms with E-state index < -0.39 is 0 Å². The van der Waals surface area contributed by atoms with E-state index in [0.717, 1.165) is 23.8 Å². The minimum absolute atomic E-state index is 0.0691. The van der Waals surface area contributed by atoms with E-state index in [1.54, 1.807) is 0 Å². The van der Waals surface area contributed by atoms with Crippen LogP contribution in [0.15, 0.2) is 18.3 Å². The molecule has 1 saturated carbocycles. The van der Waals surface area contributed by atoms with Crippen LogP contribution in [0.25, 0.3) is 0 Å². The van der Waals surface area contributed by atoms with Gasteiger partial charge in [-0.1, -0.05) is 13.0 Å². The van der Waals surface area contributed by atoms with Gasteiger partial charge in [0.15, 0.2) is 0 Å². The van der Waals surface area contributed by atoms with Gasteiger partial charge in [0.2, 0.25) is 0 Å². The first-order valence-corrected chi connectivity index (χ1v) is 6.67. The largest absolute Gasteiger partial charge is 0.356 e. The Morgan fingerprint density at radius 3 is 2.71 bits per heavy atom. The molecule has 0 spiro atoms. The van der Waals surface area contributed by atoms with Gasteiger partial charge in [-0.3, -0.25) is 0 Å². The molecule has 1 unspecified atom stereocenters. The fraction of sp³-hybridized carbons (Fsp3) is 0.643. The molecule has 1 aromatic heterocycles. The zero-order chi connectivity index (χ0) is 12.3. The van der Waals surface area contributed by atoms with Crippen molar-refractivity contribution >= 4 is 5.82 Å². The summed E-state index contributed by atoms with van der Waals surface area (Å²) in [4.78, 5) is 6.95. The van der Waals surface area contributed by atoms with Crippen molar-refractivity contribution in [2.45, 2.75) is 39.2 Å². The Labute approximate surface area is 104 Å². The molecular weight excluding hydrogens is 210 g/mol. The Kier molecular flexibility index (Phi) is 4.00. The van der Waals surface area contributed by atoms with E-state index in [1.165, 1.54) is 25.8 Å². The van der Waals surface area contributed by atoms with E-state index in [9.17, 15) is 0 Å². The van der Waals surface area contributed by atoms with Crippen LogP contribution in [-0.4, -0.2) is 18.1 Å². The van der Waals surface area contributed by atoms with Gasteiger partial charge in [0.05, 0.1) is 0 Å². The van der Waals surface area contributed by atoms with Crippen molar-refractivity contribution in [3.05, 3.63) is 23.9 Å². The van der Waals surface area contributed by atoms with Crippen LogP contribution >= 0.6 is 0 Å². The van der Waals surface area contributed by atoms with Crippen molar-refractivity contribution < 1.29 is 0 Å². The van der Waals surface area contributed by atoms with Gasteiger partial charge in [-0.2, -0.15) is 0 Å². The van der Waals surface area contributed by atoms with Crippen LogP contribution in [0.1, 0.15) is 44.7 Å². The second-order valence-electron chi connectivity index (χ2n) is 5.13. The van der Waals surface area contributed by atoms with E-state index in [0.29, 0.717) is 0 Å². The minimum atomic E-state index is 0.0691. The molecule has 0 aromatic carbocycles. The molecule has 2 rings (SSSR count). The normalized spacial score (nSPS) is 16.9. The van der Waals surface area contributed by atoms with Gasteiger partial charge in [0.25, 0.3) is 0 Å².